The van der Waals surface area contributed by atoms with Crippen molar-refractivity contribution in [2.75, 3.05) is 12.3 Å². The largest absolute Gasteiger partial charge is 0.508 e. The summed E-state index contributed by atoms with van der Waals surface area (Å²) < 4.78 is 0. The number of carbonyl (C=O) groups is 5. The van der Waals surface area contributed by atoms with Gasteiger partial charge >= 0.3 is 11.9 Å². The number of nitrogens with one attached hydrogen (secondary N) is 2. The maximum atomic E-state index is 12.4. The minimum absolute atomic E-state index is 0.0274. The van der Waals surface area contributed by atoms with E-state index in [9.17, 15) is 29.1 Å². The van der Waals surface area contributed by atoms with Crippen molar-refractivity contribution in [1.82, 2.24) is 10.6 Å². The van der Waals surface area contributed by atoms with E-state index in [0.717, 1.165) is 11.8 Å². The molecule has 11 nitrogen and oxygen atoms in total. The Morgan fingerprint density at radius 3 is 2.42 bits per heavy atom. The van der Waals surface area contributed by atoms with E-state index in [1.807, 2.05) is 0 Å². The molecule has 1 aromatic rings. The number of amides is 2. The maximum Gasteiger partial charge on any atom is 0.322 e. The predicted octanol–water partition coefficient (Wildman–Crippen LogP) is -0.367. The van der Waals surface area contributed by atoms with Crippen LogP contribution in [-0.2, 0) is 24.0 Å². The van der Waals surface area contributed by atoms with E-state index in [1.54, 1.807) is 18.2 Å². The lowest BCUT2D eigenvalue weighted by atomic mass is 10.1. The molecule has 3 atom stereocenters. The standard InChI is InChI=1S/C19H25N3O8S/c20-12(19(29)30)5-6-16(25)22-13(18(28)21-9-17(26)27)10-31-15(7-8-23)11-3-1-2-4-14(11)24/h1-4,8,12-13,15,24H,5-7,9-10,20H2,(H,21,28)(H,22,25)(H,26,27)(H,29,30). The lowest BCUT2D eigenvalue weighted by molar-refractivity contribution is -0.139. The second-order valence-corrected chi connectivity index (χ2v) is 7.73. The van der Waals surface area contributed by atoms with Crippen LogP contribution in [0.5, 0.6) is 5.75 Å². The first kappa shape index (κ1) is 25.9. The number of thioether (sulfide) groups is 1. The first-order valence-electron chi connectivity index (χ1n) is 9.26. The third kappa shape index (κ3) is 9.49. The quantitative estimate of drug-likeness (QED) is 0.201. The molecule has 12 heteroatoms. The zero-order valence-electron chi connectivity index (χ0n) is 16.5. The molecule has 2 amide bonds. The van der Waals surface area contributed by atoms with Crippen LogP contribution in [0.25, 0.3) is 0 Å². The van der Waals surface area contributed by atoms with Crippen molar-refractivity contribution in [3.63, 3.8) is 0 Å². The molecule has 0 aliphatic carbocycles. The minimum Gasteiger partial charge on any atom is -0.508 e. The van der Waals surface area contributed by atoms with Crippen molar-refractivity contribution < 1.29 is 39.3 Å². The number of rotatable bonds is 14. The third-order valence-electron chi connectivity index (χ3n) is 4.12. The fraction of sp³-hybridized carbons (Fsp3) is 0.421. The van der Waals surface area contributed by atoms with Gasteiger partial charge in [0.2, 0.25) is 11.8 Å². The molecular weight excluding hydrogens is 430 g/mol. The monoisotopic (exact) mass is 455 g/mol. The number of nitrogens with two attached hydrogens (primary N) is 1. The van der Waals surface area contributed by atoms with Crippen molar-refractivity contribution >= 4 is 41.8 Å². The summed E-state index contributed by atoms with van der Waals surface area (Å²) in [4.78, 5) is 57.1. The summed E-state index contributed by atoms with van der Waals surface area (Å²) in [5, 5.41) is 31.7. The number of aromatic hydroxyl groups is 1. The Hall–Kier alpha value is -3.12. The van der Waals surface area contributed by atoms with Gasteiger partial charge in [-0.25, -0.2) is 0 Å². The smallest absolute Gasteiger partial charge is 0.322 e. The van der Waals surface area contributed by atoms with Gasteiger partial charge in [-0.05, 0) is 12.5 Å². The highest BCUT2D eigenvalue weighted by Crippen LogP contribution is 2.36. The Morgan fingerprint density at radius 1 is 1.16 bits per heavy atom. The number of para-hydroxylation sites is 1. The lowest BCUT2D eigenvalue weighted by Crippen LogP contribution is -2.49. The Kier molecular flexibility index (Phi) is 11.1. The number of aldehydes is 1. The first-order chi connectivity index (χ1) is 14.6. The summed E-state index contributed by atoms with van der Waals surface area (Å²) in [7, 11) is 0. The van der Waals surface area contributed by atoms with Crippen LogP contribution < -0.4 is 16.4 Å². The van der Waals surface area contributed by atoms with E-state index in [1.165, 1.54) is 6.07 Å². The molecule has 31 heavy (non-hydrogen) atoms. The van der Waals surface area contributed by atoms with Gasteiger partial charge in [-0.3, -0.25) is 19.2 Å². The SMILES string of the molecule is NC(CCC(=O)NC(CSC(CC=O)c1ccccc1O)C(=O)NCC(=O)O)C(=O)O. The highest BCUT2D eigenvalue weighted by Gasteiger charge is 2.25. The normalized spacial score (nSPS) is 13.5. The van der Waals surface area contributed by atoms with Crippen LogP contribution in [0.3, 0.4) is 0 Å². The predicted molar refractivity (Wildman–Crippen MR) is 111 cm³/mol. The second kappa shape index (κ2) is 13.2. The molecule has 0 spiro atoms. The van der Waals surface area contributed by atoms with Crippen LogP contribution in [0.15, 0.2) is 24.3 Å². The van der Waals surface area contributed by atoms with E-state index in [2.05, 4.69) is 10.6 Å². The van der Waals surface area contributed by atoms with Crippen molar-refractivity contribution in [1.29, 1.82) is 0 Å². The number of carbonyl (C=O) groups excluding carboxylic acids is 3. The molecule has 0 aliphatic heterocycles. The van der Waals surface area contributed by atoms with Gasteiger partial charge in [0.05, 0.1) is 0 Å². The molecule has 0 aliphatic rings. The van der Waals surface area contributed by atoms with Gasteiger partial charge in [-0.2, -0.15) is 11.8 Å². The summed E-state index contributed by atoms with van der Waals surface area (Å²) >= 11 is 1.12. The van der Waals surface area contributed by atoms with Gasteiger partial charge in [-0.15, -0.1) is 0 Å². The van der Waals surface area contributed by atoms with E-state index in [-0.39, 0.29) is 30.8 Å². The molecule has 170 valence electrons. The molecule has 7 N–H and O–H groups in total. The average molecular weight is 455 g/mol. The average Bonchev–Trinajstić information content (AvgIpc) is 2.72. The van der Waals surface area contributed by atoms with Crippen LogP contribution in [0, 0.1) is 0 Å². The number of aliphatic carboxylic acids is 2. The van der Waals surface area contributed by atoms with Crippen molar-refractivity contribution in [2.24, 2.45) is 5.73 Å². The second-order valence-electron chi connectivity index (χ2n) is 6.50. The Balaban J connectivity index is 2.86. The van der Waals surface area contributed by atoms with Crippen LogP contribution in [-0.4, -0.2) is 69.7 Å². The minimum atomic E-state index is -1.27. The number of carboxylic acid groups (broad SMARTS) is 2. The van der Waals surface area contributed by atoms with Crippen LogP contribution in [0.1, 0.15) is 30.1 Å². The number of benzene rings is 1. The highest BCUT2D eigenvalue weighted by atomic mass is 32.2. The summed E-state index contributed by atoms with van der Waals surface area (Å²) in [5.74, 6) is -3.99. The van der Waals surface area contributed by atoms with E-state index >= 15 is 0 Å². The molecular formula is C19H25N3O8S. The number of phenols is 1. The van der Waals surface area contributed by atoms with E-state index < -0.39 is 47.6 Å². The van der Waals surface area contributed by atoms with Gasteiger partial charge in [0.1, 0.15) is 30.7 Å². The van der Waals surface area contributed by atoms with Crippen molar-refractivity contribution in [2.45, 2.75) is 36.6 Å². The van der Waals surface area contributed by atoms with Crippen LogP contribution >= 0.6 is 11.8 Å². The Bertz CT molecular complexity index is 804. The number of hydrogen-bond acceptors (Lipinski definition) is 8. The van der Waals surface area contributed by atoms with Gasteiger partial charge < -0.3 is 36.5 Å². The molecule has 3 unspecified atom stereocenters. The van der Waals surface area contributed by atoms with Crippen molar-refractivity contribution in [3.05, 3.63) is 29.8 Å². The third-order valence-corrected chi connectivity index (χ3v) is 5.50. The van der Waals surface area contributed by atoms with Crippen molar-refractivity contribution in [3.8, 4) is 5.75 Å². The molecule has 0 saturated carbocycles. The molecule has 0 saturated heterocycles. The van der Waals surface area contributed by atoms with E-state index in [0.29, 0.717) is 11.8 Å². The van der Waals surface area contributed by atoms with Gasteiger partial charge in [0.15, 0.2) is 0 Å². The maximum absolute atomic E-state index is 12.4. The molecule has 1 aromatic carbocycles. The fourth-order valence-corrected chi connectivity index (χ4v) is 3.74. The van der Waals surface area contributed by atoms with Crippen LogP contribution in [0.2, 0.25) is 0 Å². The topological polar surface area (TPSA) is 196 Å². The summed E-state index contributed by atoms with van der Waals surface area (Å²) in [6, 6.07) is 3.99. The molecule has 0 heterocycles. The zero-order valence-corrected chi connectivity index (χ0v) is 17.3. The lowest BCUT2D eigenvalue weighted by Gasteiger charge is -2.21. The Labute approximate surface area is 182 Å². The molecule has 0 aromatic heterocycles. The summed E-state index contributed by atoms with van der Waals surface area (Å²) in [6.45, 7) is -0.656. The van der Waals surface area contributed by atoms with E-state index in [4.69, 9.17) is 15.9 Å². The van der Waals surface area contributed by atoms with Crippen LogP contribution in [0.4, 0.5) is 0 Å². The number of carboxylic acids is 2. The summed E-state index contributed by atoms with van der Waals surface area (Å²) in [5.41, 5.74) is 5.84. The molecule has 1 rings (SSSR count). The highest BCUT2D eigenvalue weighted by molar-refractivity contribution is 7.99. The number of hydrogen-bond donors (Lipinski definition) is 6. The first-order valence-corrected chi connectivity index (χ1v) is 10.3. The summed E-state index contributed by atoms with van der Waals surface area (Å²) in [6.07, 6.45) is 0.296. The Morgan fingerprint density at radius 2 is 1.84 bits per heavy atom. The van der Waals surface area contributed by atoms with Gasteiger partial charge in [0, 0.05) is 29.4 Å². The fourth-order valence-electron chi connectivity index (χ4n) is 2.49. The number of phenolic OH excluding ortho intramolecular Hbond substituents is 1. The van der Waals surface area contributed by atoms with Gasteiger partial charge in [-0.1, -0.05) is 18.2 Å². The van der Waals surface area contributed by atoms with Gasteiger partial charge in [0.25, 0.3) is 0 Å². The molecule has 0 bridgehead atoms. The zero-order chi connectivity index (χ0) is 23.4. The molecule has 0 fully saturated rings. The molecule has 0 radical (unpaired) electrons.